The molecule has 1 aromatic carbocycles. The number of hydrogen-bond donors (Lipinski definition) is 1. The van der Waals surface area contributed by atoms with Crippen LogP contribution < -0.4 is 15.0 Å². The molecule has 4 heteroatoms. The van der Waals surface area contributed by atoms with E-state index in [2.05, 4.69) is 28.4 Å². The van der Waals surface area contributed by atoms with Gasteiger partial charge in [0, 0.05) is 24.8 Å². The number of rotatable bonds is 5. The minimum atomic E-state index is 0.417. The summed E-state index contributed by atoms with van der Waals surface area (Å²) in [6, 6.07) is 10.8. The van der Waals surface area contributed by atoms with Crippen molar-refractivity contribution in [3.8, 4) is 11.8 Å². The van der Waals surface area contributed by atoms with Crippen molar-refractivity contribution in [2.45, 2.75) is 25.8 Å². The number of piperidine rings is 1. The molecule has 1 heterocycles. The number of ether oxygens (including phenoxy) is 1. The first-order valence-electron chi connectivity index (χ1n) is 6.91. The smallest absolute Gasteiger partial charge is 0.119 e. The molecule has 1 fully saturated rings. The molecule has 1 aliphatic heterocycles. The highest BCUT2D eigenvalue weighted by molar-refractivity contribution is 5.49. The molecule has 0 amide bonds. The van der Waals surface area contributed by atoms with Crippen molar-refractivity contribution >= 4 is 5.69 Å². The predicted octanol–water partition coefficient (Wildman–Crippen LogP) is 2.17. The van der Waals surface area contributed by atoms with Crippen molar-refractivity contribution in [2.24, 2.45) is 0 Å². The molecule has 102 valence electrons. The third-order valence-corrected chi connectivity index (χ3v) is 3.40. The van der Waals surface area contributed by atoms with Gasteiger partial charge in [-0.3, -0.25) is 5.32 Å². The summed E-state index contributed by atoms with van der Waals surface area (Å²) in [7, 11) is 0. The fourth-order valence-electron chi connectivity index (χ4n) is 2.49. The SMILES string of the molecule is CCOc1ccc(N2CCCC(NCC#N)C2)cc1. The lowest BCUT2D eigenvalue weighted by atomic mass is 10.0. The Labute approximate surface area is 115 Å². The van der Waals surface area contributed by atoms with E-state index in [4.69, 9.17) is 10.00 Å². The van der Waals surface area contributed by atoms with Crippen LogP contribution in [-0.2, 0) is 0 Å². The fraction of sp³-hybridized carbons (Fsp3) is 0.533. The average molecular weight is 259 g/mol. The number of anilines is 1. The average Bonchev–Trinajstić information content (AvgIpc) is 2.46. The quantitative estimate of drug-likeness (QED) is 0.823. The summed E-state index contributed by atoms with van der Waals surface area (Å²) in [5, 5.41) is 11.9. The lowest BCUT2D eigenvalue weighted by Crippen LogP contribution is -2.45. The zero-order valence-corrected chi connectivity index (χ0v) is 11.4. The van der Waals surface area contributed by atoms with E-state index < -0.39 is 0 Å². The Bertz CT molecular complexity index is 424. The number of benzene rings is 1. The summed E-state index contributed by atoms with van der Waals surface area (Å²) in [6.45, 7) is 5.17. The molecular weight excluding hydrogens is 238 g/mol. The van der Waals surface area contributed by atoms with Gasteiger partial charge in [0.25, 0.3) is 0 Å². The predicted molar refractivity (Wildman–Crippen MR) is 76.5 cm³/mol. The maximum atomic E-state index is 8.62. The molecule has 1 aliphatic rings. The first-order chi connectivity index (χ1) is 9.33. The second kappa shape index (κ2) is 7.01. The molecule has 0 bridgehead atoms. The highest BCUT2D eigenvalue weighted by Crippen LogP contribution is 2.22. The van der Waals surface area contributed by atoms with Crippen molar-refractivity contribution < 1.29 is 4.74 Å². The number of nitriles is 1. The van der Waals surface area contributed by atoms with Crippen LogP contribution in [0.3, 0.4) is 0 Å². The summed E-state index contributed by atoms with van der Waals surface area (Å²) in [5.74, 6) is 0.919. The molecular formula is C15H21N3O. The van der Waals surface area contributed by atoms with Gasteiger partial charge in [-0.2, -0.15) is 5.26 Å². The van der Waals surface area contributed by atoms with Crippen molar-refractivity contribution in [3.63, 3.8) is 0 Å². The second-order valence-corrected chi connectivity index (χ2v) is 4.75. The Morgan fingerprint density at radius 1 is 1.42 bits per heavy atom. The Morgan fingerprint density at radius 3 is 2.89 bits per heavy atom. The molecule has 0 aromatic heterocycles. The molecule has 1 atom stereocenters. The fourth-order valence-corrected chi connectivity index (χ4v) is 2.49. The van der Waals surface area contributed by atoms with Crippen molar-refractivity contribution in [1.29, 1.82) is 5.26 Å². The summed E-state index contributed by atoms with van der Waals surface area (Å²) in [5.41, 5.74) is 1.23. The first-order valence-corrected chi connectivity index (χ1v) is 6.91. The topological polar surface area (TPSA) is 48.3 Å². The van der Waals surface area contributed by atoms with Crippen LogP contribution >= 0.6 is 0 Å². The minimum Gasteiger partial charge on any atom is -0.494 e. The van der Waals surface area contributed by atoms with Crippen molar-refractivity contribution in [1.82, 2.24) is 5.32 Å². The van der Waals surface area contributed by atoms with E-state index in [1.807, 2.05) is 19.1 Å². The van der Waals surface area contributed by atoms with E-state index in [-0.39, 0.29) is 0 Å². The zero-order chi connectivity index (χ0) is 13.5. The molecule has 0 aliphatic carbocycles. The van der Waals surface area contributed by atoms with E-state index in [9.17, 15) is 0 Å². The van der Waals surface area contributed by atoms with E-state index in [0.717, 1.165) is 31.7 Å². The summed E-state index contributed by atoms with van der Waals surface area (Å²) in [4.78, 5) is 2.37. The molecule has 0 radical (unpaired) electrons. The minimum absolute atomic E-state index is 0.417. The molecule has 1 N–H and O–H groups in total. The summed E-state index contributed by atoms with van der Waals surface area (Å²) < 4.78 is 5.46. The van der Waals surface area contributed by atoms with Crippen LogP contribution in [0.25, 0.3) is 0 Å². The third kappa shape index (κ3) is 3.87. The Kier molecular flexibility index (Phi) is 5.05. The Hall–Kier alpha value is -1.73. The van der Waals surface area contributed by atoms with Gasteiger partial charge in [0.15, 0.2) is 0 Å². The highest BCUT2D eigenvalue weighted by Gasteiger charge is 2.19. The van der Waals surface area contributed by atoms with Crippen LogP contribution in [0.15, 0.2) is 24.3 Å². The van der Waals surface area contributed by atoms with Gasteiger partial charge in [0.1, 0.15) is 5.75 Å². The Morgan fingerprint density at radius 2 is 2.21 bits per heavy atom. The van der Waals surface area contributed by atoms with E-state index in [1.54, 1.807) is 0 Å². The van der Waals surface area contributed by atoms with Gasteiger partial charge >= 0.3 is 0 Å². The largest absolute Gasteiger partial charge is 0.494 e. The number of nitrogens with zero attached hydrogens (tertiary/aromatic N) is 2. The summed E-state index contributed by atoms with van der Waals surface area (Å²) >= 11 is 0. The zero-order valence-electron chi connectivity index (χ0n) is 11.4. The normalized spacial score (nSPS) is 18.9. The lowest BCUT2D eigenvalue weighted by molar-refractivity contribution is 0.340. The van der Waals surface area contributed by atoms with Gasteiger partial charge in [0.2, 0.25) is 0 Å². The summed E-state index contributed by atoms with van der Waals surface area (Å²) in [6.07, 6.45) is 2.31. The van der Waals surface area contributed by atoms with Crippen LogP contribution in [0.1, 0.15) is 19.8 Å². The van der Waals surface area contributed by atoms with Crippen molar-refractivity contribution in [2.75, 3.05) is 31.1 Å². The molecule has 4 nitrogen and oxygen atoms in total. The standard InChI is InChI=1S/C15H21N3O/c1-2-19-15-7-5-14(6-8-15)18-11-3-4-13(12-18)17-10-9-16/h5-8,13,17H,2-4,10-12H2,1H3. The second-order valence-electron chi connectivity index (χ2n) is 4.75. The number of nitrogens with one attached hydrogen (secondary N) is 1. The number of hydrogen-bond acceptors (Lipinski definition) is 4. The van der Waals surface area contributed by atoms with Crippen LogP contribution in [0.2, 0.25) is 0 Å². The van der Waals surface area contributed by atoms with Crippen LogP contribution in [-0.4, -0.2) is 32.3 Å². The molecule has 0 spiro atoms. The third-order valence-electron chi connectivity index (χ3n) is 3.40. The van der Waals surface area contributed by atoms with E-state index in [0.29, 0.717) is 19.2 Å². The van der Waals surface area contributed by atoms with Gasteiger partial charge in [-0.1, -0.05) is 0 Å². The van der Waals surface area contributed by atoms with Crippen molar-refractivity contribution in [3.05, 3.63) is 24.3 Å². The van der Waals surface area contributed by atoms with Crippen LogP contribution in [0.4, 0.5) is 5.69 Å². The van der Waals surface area contributed by atoms with Gasteiger partial charge in [-0.05, 0) is 44.0 Å². The first kappa shape index (κ1) is 13.7. The molecule has 19 heavy (non-hydrogen) atoms. The maximum Gasteiger partial charge on any atom is 0.119 e. The van der Waals surface area contributed by atoms with Gasteiger partial charge in [-0.25, -0.2) is 0 Å². The van der Waals surface area contributed by atoms with Gasteiger partial charge in [0.05, 0.1) is 19.2 Å². The van der Waals surface area contributed by atoms with Crippen LogP contribution in [0, 0.1) is 11.3 Å². The molecule has 2 rings (SSSR count). The van der Waals surface area contributed by atoms with Gasteiger partial charge in [-0.15, -0.1) is 0 Å². The van der Waals surface area contributed by atoms with Gasteiger partial charge < -0.3 is 9.64 Å². The maximum absolute atomic E-state index is 8.62. The molecule has 1 aromatic rings. The Balaban J connectivity index is 1.95. The molecule has 0 saturated carbocycles. The van der Waals surface area contributed by atoms with E-state index in [1.165, 1.54) is 5.69 Å². The molecule has 1 saturated heterocycles. The highest BCUT2D eigenvalue weighted by atomic mass is 16.5. The van der Waals surface area contributed by atoms with Crippen LogP contribution in [0.5, 0.6) is 5.75 Å². The monoisotopic (exact) mass is 259 g/mol. The van der Waals surface area contributed by atoms with E-state index >= 15 is 0 Å². The molecule has 1 unspecified atom stereocenters. The lowest BCUT2D eigenvalue weighted by Gasteiger charge is -2.34.